The summed E-state index contributed by atoms with van der Waals surface area (Å²) >= 11 is 0. The van der Waals surface area contributed by atoms with Crippen LogP contribution in [0.2, 0.25) is 0 Å². The highest BCUT2D eigenvalue weighted by Gasteiger charge is 2.15. The summed E-state index contributed by atoms with van der Waals surface area (Å²) in [5.41, 5.74) is 15.1. The normalized spacial score (nSPS) is 11.4. The van der Waals surface area contributed by atoms with E-state index in [1.165, 1.54) is 66.4 Å². The lowest BCUT2D eigenvalue weighted by molar-refractivity contribution is 1.23. The first-order valence-electron chi connectivity index (χ1n) is 16.0. The molecule has 0 amide bonds. The standard InChI is InChI=1S/C45H30N2/c1-3-12-31(13-4-1)38-27-39(32-14-5-2-6-15-32)29-40(28-38)34-23-21-33(22-24-34)35-17-11-18-36(26-35)42-30-37-16-7-8-19-41(37)44-45(42)47-25-10-9-20-43(47)46-44/h1-30H. The molecule has 0 N–H and O–H groups in total. The maximum atomic E-state index is 5.06. The van der Waals surface area contributed by atoms with E-state index in [9.17, 15) is 0 Å². The van der Waals surface area contributed by atoms with Crippen molar-refractivity contribution in [2.24, 2.45) is 0 Å². The molecule has 0 aliphatic rings. The second-order valence-electron chi connectivity index (χ2n) is 12.1. The van der Waals surface area contributed by atoms with Gasteiger partial charge in [-0.05, 0) is 97.9 Å². The minimum atomic E-state index is 0.957. The fourth-order valence-electron chi connectivity index (χ4n) is 6.83. The van der Waals surface area contributed by atoms with E-state index in [1.54, 1.807) is 0 Å². The molecule has 2 heteroatoms. The average Bonchev–Trinajstić information content (AvgIpc) is 3.55. The minimum absolute atomic E-state index is 0.957. The molecule has 47 heavy (non-hydrogen) atoms. The van der Waals surface area contributed by atoms with Crippen LogP contribution in [0, 0.1) is 0 Å². The first-order chi connectivity index (χ1) is 23.3. The summed E-state index contributed by atoms with van der Waals surface area (Å²) in [5.74, 6) is 0. The summed E-state index contributed by atoms with van der Waals surface area (Å²) in [4.78, 5) is 5.06. The molecule has 7 aromatic carbocycles. The van der Waals surface area contributed by atoms with Crippen LogP contribution in [-0.4, -0.2) is 9.38 Å². The van der Waals surface area contributed by atoms with Gasteiger partial charge in [0.2, 0.25) is 0 Å². The Morgan fingerprint density at radius 1 is 0.362 bits per heavy atom. The molecular formula is C45H30N2. The van der Waals surface area contributed by atoms with Crippen molar-refractivity contribution in [1.29, 1.82) is 0 Å². The molecule has 2 aromatic heterocycles. The summed E-state index contributed by atoms with van der Waals surface area (Å²) < 4.78 is 2.21. The summed E-state index contributed by atoms with van der Waals surface area (Å²) in [5, 5.41) is 2.37. The number of hydrogen-bond donors (Lipinski definition) is 0. The highest BCUT2D eigenvalue weighted by atomic mass is 15.0. The van der Waals surface area contributed by atoms with Crippen LogP contribution in [0.25, 0.3) is 83.1 Å². The average molecular weight is 599 g/mol. The van der Waals surface area contributed by atoms with E-state index in [1.807, 2.05) is 6.07 Å². The van der Waals surface area contributed by atoms with Gasteiger partial charge in [0.15, 0.2) is 0 Å². The maximum Gasteiger partial charge on any atom is 0.137 e. The van der Waals surface area contributed by atoms with Crippen molar-refractivity contribution in [2.75, 3.05) is 0 Å². The Bertz CT molecular complexity index is 2490. The molecule has 2 heterocycles. The van der Waals surface area contributed by atoms with Gasteiger partial charge >= 0.3 is 0 Å². The van der Waals surface area contributed by atoms with Crippen molar-refractivity contribution in [1.82, 2.24) is 9.38 Å². The van der Waals surface area contributed by atoms with Gasteiger partial charge in [-0.25, -0.2) is 4.98 Å². The van der Waals surface area contributed by atoms with Gasteiger partial charge in [-0.1, -0.05) is 133 Å². The summed E-state index contributed by atoms with van der Waals surface area (Å²) in [6, 6.07) is 63.1. The minimum Gasteiger partial charge on any atom is -0.299 e. The largest absolute Gasteiger partial charge is 0.299 e. The molecule has 9 aromatic rings. The van der Waals surface area contributed by atoms with Crippen molar-refractivity contribution < 1.29 is 0 Å². The molecule has 9 rings (SSSR count). The smallest absolute Gasteiger partial charge is 0.137 e. The third-order valence-corrected chi connectivity index (χ3v) is 9.17. The van der Waals surface area contributed by atoms with Gasteiger partial charge in [-0.15, -0.1) is 0 Å². The van der Waals surface area contributed by atoms with E-state index in [0.29, 0.717) is 0 Å². The van der Waals surface area contributed by atoms with E-state index >= 15 is 0 Å². The third-order valence-electron chi connectivity index (χ3n) is 9.17. The number of hydrogen-bond acceptors (Lipinski definition) is 1. The molecule has 0 spiro atoms. The van der Waals surface area contributed by atoms with Crippen molar-refractivity contribution >= 4 is 27.5 Å². The Morgan fingerprint density at radius 2 is 0.872 bits per heavy atom. The van der Waals surface area contributed by atoms with Gasteiger partial charge in [0.1, 0.15) is 5.65 Å². The van der Waals surface area contributed by atoms with Crippen LogP contribution in [0.3, 0.4) is 0 Å². The van der Waals surface area contributed by atoms with Gasteiger partial charge < -0.3 is 0 Å². The molecule has 0 bridgehead atoms. The molecule has 0 saturated heterocycles. The fraction of sp³-hybridized carbons (Fsp3) is 0. The van der Waals surface area contributed by atoms with Crippen LogP contribution < -0.4 is 0 Å². The van der Waals surface area contributed by atoms with Crippen LogP contribution in [0.5, 0.6) is 0 Å². The number of imidazole rings is 1. The second kappa shape index (κ2) is 11.3. The van der Waals surface area contributed by atoms with E-state index in [4.69, 9.17) is 4.98 Å². The zero-order valence-corrected chi connectivity index (χ0v) is 25.7. The molecular weight excluding hydrogens is 569 g/mol. The Kier molecular flexibility index (Phi) is 6.50. The second-order valence-corrected chi connectivity index (χ2v) is 12.1. The molecule has 0 unspecified atom stereocenters. The number of aromatic nitrogens is 2. The Hall–Kier alpha value is -6.25. The van der Waals surface area contributed by atoms with E-state index < -0.39 is 0 Å². The summed E-state index contributed by atoms with van der Waals surface area (Å²) in [7, 11) is 0. The molecule has 0 atom stereocenters. The van der Waals surface area contributed by atoms with Crippen LogP contribution >= 0.6 is 0 Å². The predicted molar refractivity (Wildman–Crippen MR) is 197 cm³/mol. The monoisotopic (exact) mass is 598 g/mol. The molecule has 0 aliphatic carbocycles. The Morgan fingerprint density at radius 3 is 1.55 bits per heavy atom. The SMILES string of the molecule is c1ccc(-c2cc(-c3ccccc3)cc(-c3ccc(-c4cccc(-c5cc6ccccc6c6nc7ccccn7c56)c4)cc3)c2)cc1. The van der Waals surface area contributed by atoms with Gasteiger partial charge in [0.25, 0.3) is 0 Å². The molecule has 0 aliphatic heterocycles. The zero-order valence-electron chi connectivity index (χ0n) is 25.7. The highest BCUT2D eigenvalue weighted by Crippen LogP contribution is 2.38. The van der Waals surface area contributed by atoms with E-state index in [0.717, 1.165) is 16.7 Å². The lowest BCUT2D eigenvalue weighted by Gasteiger charge is -2.13. The van der Waals surface area contributed by atoms with E-state index in [-0.39, 0.29) is 0 Å². The van der Waals surface area contributed by atoms with Crippen molar-refractivity contribution in [2.45, 2.75) is 0 Å². The third kappa shape index (κ3) is 4.88. The number of benzene rings is 7. The Labute approximate surface area is 273 Å². The zero-order chi connectivity index (χ0) is 31.2. The van der Waals surface area contributed by atoms with Gasteiger partial charge in [-0.3, -0.25) is 4.40 Å². The molecule has 0 fully saturated rings. The lowest BCUT2D eigenvalue weighted by atomic mass is 9.92. The number of pyridine rings is 1. The van der Waals surface area contributed by atoms with Crippen LogP contribution in [0.1, 0.15) is 0 Å². The molecule has 220 valence electrons. The quantitative estimate of drug-likeness (QED) is 0.193. The number of nitrogens with zero attached hydrogens (tertiary/aromatic N) is 2. The fourth-order valence-corrected chi connectivity index (χ4v) is 6.83. The van der Waals surface area contributed by atoms with Crippen LogP contribution in [0.4, 0.5) is 0 Å². The number of rotatable bonds is 5. The summed E-state index contributed by atoms with van der Waals surface area (Å²) in [6.45, 7) is 0. The van der Waals surface area contributed by atoms with E-state index in [2.05, 4.69) is 180 Å². The van der Waals surface area contributed by atoms with Gasteiger partial charge in [0, 0.05) is 17.1 Å². The van der Waals surface area contributed by atoms with Crippen molar-refractivity contribution in [3.05, 3.63) is 182 Å². The van der Waals surface area contributed by atoms with Crippen LogP contribution in [0.15, 0.2) is 182 Å². The topological polar surface area (TPSA) is 17.3 Å². The Balaban J connectivity index is 1.13. The molecule has 0 radical (unpaired) electrons. The van der Waals surface area contributed by atoms with Crippen LogP contribution in [-0.2, 0) is 0 Å². The molecule has 2 nitrogen and oxygen atoms in total. The van der Waals surface area contributed by atoms with Crippen molar-refractivity contribution in [3.63, 3.8) is 0 Å². The first kappa shape index (κ1) is 27.1. The van der Waals surface area contributed by atoms with Gasteiger partial charge in [0.05, 0.1) is 11.0 Å². The predicted octanol–water partition coefficient (Wildman–Crippen LogP) is 12.0. The number of fused-ring (bicyclic) bond motifs is 5. The van der Waals surface area contributed by atoms with Crippen molar-refractivity contribution in [3.8, 4) is 55.6 Å². The molecule has 0 saturated carbocycles. The summed E-state index contributed by atoms with van der Waals surface area (Å²) in [6.07, 6.45) is 2.11. The highest BCUT2D eigenvalue weighted by molar-refractivity contribution is 6.12. The lowest BCUT2D eigenvalue weighted by Crippen LogP contribution is -1.89. The van der Waals surface area contributed by atoms with Gasteiger partial charge in [-0.2, -0.15) is 0 Å². The first-order valence-corrected chi connectivity index (χ1v) is 16.0. The maximum absolute atomic E-state index is 5.06.